The Morgan fingerprint density at radius 1 is 1.21 bits per heavy atom. The SMILES string of the molecule is Cc1ccc(C2(C(CC(C)C)NC(=O)OC(C)(C)C)CCC2)cc1. The number of aryl methyl sites for hydroxylation is 1. The molecule has 3 nitrogen and oxygen atoms in total. The van der Waals surface area contributed by atoms with Crippen LogP contribution in [0.25, 0.3) is 0 Å². The summed E-state index contributed by atoms with van der Waals surface area (Å²) in [6.45, 7) is 12.3. The summed E-state index contributed by atoms with van der Waals surface area (Å²) in [7, 11) is 0. The summed E-state index contributed by atoms with van der Waals surface area (Å²) in [6.07, 6.45) is 4.14. The van der Waals surface area contributed by atoms with Crippen molar-refractivity contribution in [1.82, 2.24) is 5.32 Å². The molecule has 24 heavy (non-hydrogen) atoms. The largest absolute Gasteiger partial charge is 0.444 e. The molecule has 0 bridgehead atoms. The van der Waals surface area contributed by atoms with Crippen molar-refractivity contribution in [3.63, 3.8) is 0 Å². The van der Waals surface area contributed by atoms with Crippen LogP contribution < -0.4 is 5.32 Å². The third kappa shape index (κ3) is 4.52. The third-order valence-corrected chi connectivity index (χ3v) is 4.94. The van der Waals surface area contributed by atoms with Crippen molar-refractivity contribution in [2.24, 2.45) is 5.92 Å². The van der Waals surface area contributed by atoms with Gasteiger partial charge in [-0.3, -0.25) is 0 Å². The Kier molecular flexibility index (Phi) is 5.62. The first-order valence-electron chi connectivity index (χ1n) is 9.19. The smallest absolute Gasteiger partial charge is 0.407 e. The molecule has 2 rings (SSSR count). The van der Waals surface area contributed by atoms with Gasteiger partial charge >= 0.3 is 6.09 Å². The molecule has 134 valence electrons. The number of carbonyl (C=O) groups is 1. The molecule has 0 aromatic heterocycles. The molecular formula is C21H33NO2. The van der Waals surface area contributed by atoms with Crippen LogP contribution in [0.1, 0.15) is 71.4 Å². The number of amides is 1. The lowest BCUT2D eigenvalue weighted by Crippen LogP contribution is -2.55. The van der Waals surface area contributed by atoms with Crippen molar-refractivity contribution in [1.29, 1.82) is 0 Å². The predicted molar refractivity (Wildman–Crippen MR) is 99.3 cm³/mol. The normalized spacial score (nSPS) is 18.0. The molecule has 0 saturated heterocycles. The second-order valence-corrected chi connectivity index (χ2v) is 8.70. The fourth-order valence-corrected chi connectivity index (χ4v) is 3.63. The van der Waals surface area contributed by atoms with Crippen molar-refractivity contribution in [3.05, 3.63) is 35.4 Å². The van der Waals surface area contributed by atoms with Crippen molar-refractivity contribution >= 4 is 6.09 Å². The van der Waals surface area contributed by atoms with Gasteiger partial charge in [-0.15, -0.1) is 0 Å². The lowest BCUT2D eigenvalue weighted by atomic mass is 9.59. The van der Waals surface area contributed by atoms with Crippen molar-refractivity contribution in [3.8, 4) is 0 Å². The molecule has 1 aromatic rings. The highest BCUT2D eigenvalue weighted by Gasteiger charge is 2.46. The number of alkyl carbamates (subject to hydrolysis) is 1. The lowest BCUT2D eigenvalue weighted by Gasteiger charge is -2.49. The van der Waals surface area contributed by atoms with Crippen LogP contribution in [0.4, 0.5) is 4.79 Å². The van der Waals surface area contributed by atoms with Gasteiger partial charge in [0.15, 0.2) is 0 Å². The molecule has 1 fully saturated rings. The van der Waals surface area contributed by atoms with Crippen LogP contribution >= 0.6 is 0 Å². The number of nitrogens with one attached hydrogen (secondary N) is 1. The van der Waals surface area contributed by atoms with E-state index >= 15 is 0 Å². The molecule has 0 spiro atoms. The highest BCUT2D eigenvalue weighted by atomic mass is 16.6. The Labute approximate surface area is 147 Å². The van der Waals surface area contributed by atoms with E-state index in [0.717, 1.165) is 19.3 Å². The highest BCUT2D eigenvalue weighted by Crippen LogP contribution is 2.48. The van der Waals surface area contributed by atoms with Crippen LogP contribution in [-0.2, 0) is 10.2 Å². The van der Waals surface area contributed by atoms with Gasteiger partial charge in [-0.1, -0.05) is 50.1 Å². The number of hydrogen-bond donors (Lipinski definition) is 1. The summed E-state index contributed by atoms with van der Waals surface area (Å²) in [4.78, 5) is 12.4. The first-order valence-corrected chi connectivity index (χ1v) is 9.19. The zero-order valence-electron chi connectivity index (χ0n) is 16.1. The minimum absolute atomic E-state index is 0.0505. The maximum absolute atomic E-state index is 12.4. The summed E-state index contributed by atoms with van der Waals surface area (Å²) in [5.41, 5.74) is 2.20. The lowest BCUT2D eigenvalue weighted by molar-refractivity contribution is 0.0421. The number of benzene rings is 1. The molecule has 1 saturated carbocycles. The molecule has 0 aliphatic heterocycles. The highest BCUT2D eigenvalue weighted by molar-refractivity contribution is 5.68. The minimum atomic E-state index is -0.469. The van der Waals surface area contributed by atoms with E-state index in [2.05, 4.69) is 50.4 Å². The van der Waals surface area contributed by atoms with Gasteiger partial charge in [0.1, 0.15) is 5.60 Å². The first kappa shape index (κ1) is 18.8. The summed E-state index contributed by atoms with van der Waals surface area (Å²) < 4.78 is 5.52. The van der Waals surface area contributed by atoms with Gasteiger partial charge in [0.25, 0.3) is 0 Å². The maximum atomic E-state index is 12.4. The van der Waals surface area contributed by atoms with Crippen LogP contribution in [0.5, 0.6) is 0 Å². The average Bonchev–Trinajstić information content (AvgIpc) is 2.36. The quantitative estimate of drug-likeness (QED) is 0.789. The van der Waals surface area contributed by atoms with Gasteiger partial charge in [-0.2, -0.15) is 0 Å². The first-order chi connectivity index (χ1) is 11.1. The standard InChI is InChI=1S/C21H33NO2/c1-15(2)14-18(22-19(23)24-20(4,5)6)21(12-7-13-21)17-10-8-16(3)9-11-17/h8-11,15,18H,7,12-14H2,1-6H3,(H,22,23). The Hall–Kier alpha value is -1.51. The molecule has 1 atom stereocenters. The molecule has 0 radical (unpaired) electrons. The van der Waals surface area contributed by atoms with Gasteiger partial charge in [0.2, 0.25) is 0 Å². The number of ether oxygens (including phenoxy) is 1. The topological polar surface area (TPSA) is 38.3 Å². The van der Waals surface area contributed by atoms with Crippen LogP contribution in [0.2, 0.25) is 0 Å². The summed E-state index contributed by atoms with van der Waals surface area (Å²) in [5.74, 6) is 0.521. The Morgan fingerprint density at radius 3 is 2.21 bits per heavy atom. The zero-order chi connectivity index (χ0) is 18.0. The van der Waals surface area contributed by atoms with E-state index < -0.39 is 5.60 Å². The summed E-state index contributed by atoms with van der Waals surface area (Å²) in [5, 5.41) is 3.20. The Balaban J connectivity index is 2.24. The number of rotatable bonds is 5. The molecular weight excluding hydrogens is 298 g/mol. The van der Waals surface area contributed by atoms with E-state index in [1.165, 1.54) is 17.5 Å². The Bertz CT molecular complexity index is 550. The van der Waals surface area contributed by atoms with Gasteiger partial charge in [-0.25, -0.2) is 4.79 Å². The van der Waals surface area contributed by atoms with E-state index in [1.807, 2.05) is 20.8 Å². The van der Waals surface area contributed by atoms with Crippen LogP contribution in [0.3, 0.4) is 0 Å². The van der Waals surface area contributed by atoms with E-state index in [9.17, 15) is 4.79 Å². The molecule has 0 heterocycles. The number of carbonyl (C=O) groups excluding carboxylic acids is 1. The van der Waals surface area contributed by atoms with Crippen molar-refractivity contribution in [2.45, 2.75) is 84.3 Å². The Morgan fingerprint density at radius 2 is 1.79 bits per heavy atom. The van der Waals surface area contributed by atoms with E-state index in [0.29, 0.717) is 5.92 Å². The zero-order valence-corrected chi connectivity index (χ0v) is 16.1. The van der Waals surface area contributed by atoms with E-state index in [4.69, 9.17) is 4.74 Å². The molecule has 3 heteroatoms. The summed E-state index contributed by atoms with van der Waals surface area (Å²) >= 11 is 0. The van der Waals surface area contributed by atoms with Gasteiger partial charge < -0.3 is 10.1 Å². The fraction of sp³-hybridized carbons (Fsp3) is 0.667. The van der Waals surface area contributed by atoms with Crippen molar-refractivity contribution in [2.75, 3.05) is 0 Å². The average molecular weight is 332 g/mol. The fourth-order valence-electron chi connectivity index (χ4n) is 3.63. The molecule has 1 aromatic carbocycles. The summed E-state index contributed by atoms with van der Waals surface area (Å²) in [6, 6.07) is 8.94. The minimum Gasteiger partial charge on any atom is -0.444 e. The predicted octanol–water partition coefficient (Wildman–Crippen LogP) is 5.36. The molecule has 1 aliphatic carbocycles. The number of hydrogen-bond acceptors (Lipinski definition) is 2. The monoisotopic (exact) mass is 331 g/mol. The van der Waals surface area contributed by atoms with Gasteiger partial charge in [0, 0.05) is 11.5 Å². The van der Waals surface area contributed by atoms with Gasteiger partial charge in [-0.05, 0) is 58.4 Å². The van der Waals surface area contributed by atoms with Crippen molar-refractivity contribution < 1.29 is 9.53 Å². The van der Waals surface area contributed by atoms with E-state index in [1.54, 1.807) is 0 Å². The van der Waals surface area contributed by atoms with Crippen LogP contribution in [0, 0.1) is 12.8 Å². The van der Waals surface area contributed by atoms with Gasteiger partial charge in [0.05, 0.1) is 0 Å². The van der Waals surface area contributed by atoms with E-state index in [-0.39, 0.29) is 17.6 Å². The van der Waals surface area contributed by atoms with Crippen LogP contribution in [0.15, 0.2) is 24.3 Å². The molecule has 1 N–H and O–H groups in total. The molecule has 1 unspecified atom stereocenters. The third-order valence-electron chi connectivity index (χ3n) is 4.94. The molecule has 1 amide bonds. The molecule has 1 aliphatic rings. The maximum Gasteiger partial charge on any atom is 0.407 e. The second-order valence-electron chi connectivity index (χ2n) is 8.70. The second kappa shape index (κ2) is 7.16. The van der Waals surface area contributed by atoms with Crippen LogP contribution in [-0.4, -0.2) is 17.7 Å².